The molecule has 1 saturated heterocycles. The highest BCUT2D eigenvalue weighted by Gasteiger charge is 2.33. The van der Waals surface area contributed by atoms with Gasteiger partial charge in [-0.15, -0.1) is 0 Å². The van der Waals surface area contributed by atoms with Crippen LogP contribution in [0.15, 0.2) is 22.7 Å². The van der Waals surface area contributed by atoms with Crippen LogP contribution in [0, 0.1) is 0 Å². The first-order valence-electron chi connectivity index (χ1n) is 5.73. The van der Waals surface area contributed by atoms with Gasteiger partial charge in [-0.3, -0.25) is 4.79 Å². The molecule has 1 aliphatic rings. The highest BCUT2D eigenvalue weighted by atomic mass is 79.9. The molecule has 4 nitrogen and oxygen atoms in total. The van der Waals surface area contributed by atoms with Crippen molar-refractivity contribution in [2.24, 2.45) is 0 Å². The smallest absolute Gasteiger partial charge is 0.255 e. The van der Waals surface area contributed by atoms with Crippen LogP contribution in [0.3, 0.4) is 0 Å². The van der Waals surface area contributed by atoms with E-state index >= 15 is 0 Å². The van der Waals surface area contributed by atoms with Crippen LogP contribution in [0.2, 0.25) is 5.02 Å². The summed E-state index contributed by atoms with van der Waals surface area (Å²) in [5, 5.41) is 0.362. The predicted molar refractivity (Wildman–Crippen MR) is 78.3 cm³/mol. The zero-order valence-corrected chi connectivity index (χ0v) is 13.4. The van der Waals surface area contributed by atoms with Gasteiger partial charge in [-0.05, 0) is 24.6 Å². The highest BCUT2D eigenvalue weighted by Crippen LogP contribution is 2.24. The molecule has 2 rings (SSSR count). The monoisotopic (exact) mass is 365 g/mol. The molecule has 1 amide bonds. The average molecular weight is 367 g/mol. The lowest BCUT2D eigenvalue weighted by atomic mass is 10.1. The van der Waals surface area contributed by atoms with Gasteiger partial charge in [0.1, 0.15) is 0 Å². The normalized spacial score (nSPS) is 21.3. The summed E-state index contributed by atoms with van der Waals surface area (Å²) in [5.41, 5.74) is 0.378. The van der Waals surface area contributed by atoms with E-state index in [0.29, 0.717) is 17.0 Å². The molecule has 0 unspecified atom stereocenters. The van der Waals surface area contributed by atoms with Gasteiger partial charge < -0.3 is 4.90 Å². The van der Waals surface area contributed by atoms with Crippen LogP contribution in [-0.2, 0) is 9.84 Å². The van der Waals surface area contributed by atoms with Gasteiger partial charge in [0.15, 0.2) is 9.84 Å². The molecule has 0 spiro atoms. The Balaban J connectivity index is 2.22. The van der Waals surface area contributed by atoms with Crippen LogP contribution >= 0.6 is 27.5 Å². The Bertz CT molecular complexity index is 617. The van der Waals surface area contributed by atoms with Gasteiger partial charge in [0.2, 0.25) is 0 Å². The molecular weight excluding hydrogens is 354 g/mol. The van der Waals surface area contributed by atoms with Crippen LogP contribution in [0.4, 0.5) is 0 Å². The van der Waals surface area contributed by atoms with Crippen molar-refractivity contribution in [2.45, 2.75) is 12.5 Å². The first kappa shape index (κ1) is 14.8. The van der Waals surface area contributed by atoms with E-state index in [1.807, 2.05) is 0 Å². The van der Waals surface area contributed by atoms with E-state index in [2.05, 4.69) is 15.9 Å². The van der Waals surface area contributed by atoms with Gasteiger partial charge in [-0.2, -0.15) is 0 Å². The van der Waals surface area contributed by atoms with Crippen LogP contribution in [0.5, 0.6) is 0 Å². The van der Waals surface area contributed by atoms with E-state index in [1.165, 1.54) is 4.90 Å². The van der Waals surface area contributed by atoms with Crippen molar-refractivity contribution in [2.75, 3.05) is 18.6 Å². The number of carbonyl (C=O) groups is 1. The number of rotatable bonds is 2. The number of hydrogen-bond donors (Lipinski definition) is 0. The molecule has 0 N–H and O–H groups in total. The van der Waals surface area contributed by atoms with Crippen molar-refractivity contribution in [3.63, 3.8) is 0 Å². The van der Waals surface area contributed by atoms with Crippen molar-refractivity contribution >= 4 is 43.3 Å². The van der Waals surface area contributed by atoms with Gasteiger partial charge in [-0.25, -0.2) is 8.42 Å². The van der Waals surface area contributed by atoms with Crippen LogP contribution in [0.25, 0.3) is 0 Å². The summed E-state index contributed by atoms with van der Waals surface area (Å²) in [6.07, 6.45) is 0.482. The number of carbonyl (C=O) groups excluding carboxylic acids is 1. The summed E-state index contributed by atoms with van der Waals surface area (Å²) in [6, 6.07) is 4.76. The second-order valence-corrected chi connectivity index (χ2v) is 8.15. The van der Waals surface area contributed by atoms with Gasteiger partial charge in [0, 0.05) is 17.6 Å². The maximum Gasteiger partial charge on any atom is 0.255 e. The topological polar surface area (TPSA) is 54.5 Å². The van der Waals surface area contributed by atoms with E-state index in [-0.39, 0.29) is 23.5 Å². The molecule has 1 fully saturated rings. The van der Waals surface area contributed by atoms with Gasteiger partial charge in [0.25, 0.3) is 5.91 Å². The predicted octanol–water partition coefficient (Wildman–Crippen LogP) is 2.36. The molecule has 1 aliphatic heterocycles. The fourth-order valence-electron chi connectivity index (χ4n) is 2.10. The number of hydrogen-bond acceptors (Lipinski definition) is 3. The molecule has 0 aliphatic carbocycles. The number of amides is 1. The zero-order chi connectivity index (χ0) is 14.2. The third kappa shape index (κ3) is 3.30. The van der Waals surface area contributed by atoms with E-state index in [0.717, 1.165) is 4.47 Å². The number of benzene rings is 1. The Labute approximate surface area is 125 Å². The summed E-state index contributed by atoms with van der Waals surface area (Å²) < 4.78 is 23.7. The van der Waals surface area contributed by atoms with Crippen molar-refractivity contribution < 1.29 is 13.2 Å². The molecule has 0 saturated carbocycles. The Morgan fingerprint density at radius 2 is 2.16 bits per heavy atom. The molecule has 7 heteroatoms. The lowest BCUT2D eigenvalue weighted by Crippen LogP contribution is -2.37. The third-order valence-corrected chi connectivity index (χ3v) is 5.81. The van der Waals surface area contributed by atoms with Crippen LogP contribution in [0.1, 0.15) is 16.8 Å². The third-order valence-electron chi connectivity index (χ3n) is 3.24. The SMILES string of the molecule is CN(C(=O)c1cc(Br)ccc1Cl)[C@H]1CCS(=O)(=O)C1. The van der Waals surface area contributed by atoms with Crippen molar-refractivity contribution in [1.29, 1.82) is 0 Å². The maximum absolute atomic E-state index is 12.3. The van der Waals surface area contributed by atoms with E-state index < -0.39 is 9.84 Å². The summed E-state index contributed by atoms with van der Waals surface area (Å²) in [7, 11) is -1.39. The standard InChI is InChI=1S/C12H13BrClNO3S/c1-15(9-4-5-19(17,18)7-9)12(16)10-6-8(13)2-3-11(10)14/h2-3,6,9H,4-5,7H2,1H3/t9-/m0/s1. The van der Waals surface area contributed by atoms with E-state index in [9.17, 15) is 13.2 Å². The highest BCUT2D eigenvalue weighted by molar-refractivity contribution is 9.10. The van der Waals surface area contributed by atoms with Crippen molar-refractivity contribution in [3.05, 3.63) is 33.3 Å². The zero-order valence-electron chi connectivity index (χ0n) is 10.3. The summed E-state index contributed by atoms with van der Waals surface area (Å²) in [5.74, 6) is -0.0871. The largest absolute Gasteiger partial charge is 0.338 e. The van der Waals surface area contributed by atoms with E-state index in [4.69, 9.17) is 11.6 Å². The molecule has 1 heterocycles. The summed E-state index contributed by atoms with van der Waals surface area (Å²) in [4.78, 5) is 13.8. The molecule has 1 aromatic carbocycles. The minimum absolute atomic E-state index is 0.0286. The second kappa shape index (κ2) is 5.42. The molecular formula is C12H13BrClNO3S. The minimum atomic E-state index is -3.01. The molecule has 0 aromatic heterocycles. The lowest BCUT2D eigenvalue weighted by Gasteiger charge is -2.24. The first-order valence-corrected chi connectivity index (χ1v) is 8.72. The molecule has 19 heavy (non-hydrogen) atoms. The fourth-order valence-corrected chi connectivity index (χ4v) is 4.43. The number of halogens is 2. The Morgan fingerprint density at radius 1 is 1.47 bits per heavy atom. The first-order chi connectivity index (χ1) is 8.80. The molecule has 1 aromatic rings. The van der Waals surface area contributed by atoms with Gasteiger partial charge >= 0.3 is 0 Å². The van der Waals surface area contributed by atoms with Gasteiger partial charge in [0.05, 0.1) is 22.1 Å². The van der Waals surface area contributed by atoms with Gasteiger partial charge in [-0.1, -0.05) is 27.5 Å². The van der Waals surface area contributed by atoms with Crippen molar-refractivity contribution in [3.8, 4) is 0 Å². The fraction of sp³-hybridized carbons (Fsp3) is 0.417. The summed E-state index contributed by atoms with van der Waals surface area (Å²) >= 11 is 9.30. The maximum atomic E-state index is 12.3. The second-order valence-electron chi connectivity index (χ2n) is 4.60. The van der Waals surface area contributed by atoms with Crippen molar-refractivity contribution in [1.82, 2.24) is 4.90 Å². The number of nitrogens with zero attached hydrogens (tertiary/aromatic N) is 1. The Hall–Kier alpha value is -0.590. The Kier molecular flexibility index (Phi) is 4.23. The van der Waals surface area contributed by atoms with Crippen LogP contribution < -0.4 is 0 Å². The molecule has 0 radical (unpaired) electrons. The molecule has 0 bridgehead atoms. The lowest BCUT2D eigenvalue weighted by molar-refractivity contribution is 0.0748. The van der Waals surface area contributed by atoms with E-state index in [1.54, 1.807) is 25.2 Å². The quantitative estimate of drug-likeness (QED) is 0.807. The van der Waals surface area contributed by atoms with Crippen LogP contribution in [-0.4, -0.2) is 43.8 Å². The molecule has 1 atom stereocenters. The molecule has 104 valence electrons. The number of sulfone groups is 1. The summed E-state index contributed by atoms with van der Waals surface area (Å²) in [6.45, 7) is 0. The minimum Gasteiger partial charge on any atom is -0.338 e. The Morgan fingerprint density at radius 3 is 2.74 bits per heavy atom. The average Bonchev–Trinajstić information content (AvgIpc) is 2.71.